The molecule has 1 aliphatic rings. The molecule has 17 heavy (non-hydrogen) atoms. The fourth-order valence-corrected chi connectivity index (χ4v) is 2.12. The van der Waals surface area contributed by atoms with Gasteiger partial charge in [-0.05, 0) is 38.7 Å². The van der Waals surface area contributed by atoms with Crippen LogP contribution >= 0.6 is 0 Å². The molecule has 0 aromatic carbocycles. The molecule has 1 N–H and O–H groups in total. The Bertz CT molecular complexity index is 292. The number of furan rings is 1. The maximum atomic E-state index is 5.26. The summed E-state index contributed by atoms with van der Waals surface area (Å²) in [6, 6.07) is 3.94. The largest absolute Gasteiger partial charge is 0.468 e. The standard InChI is InChI=1S/C13H23N3O/c1-15-7-9-16(10-8-15)6-3-5-14-12-13-4-2-11-17-13/h2,4,11,14H,3,5-10,12H2,1H3. The van der Waals surface area contributed by atoms with Crippen molar-refractivity contribution >= 4 is 0 Å². The van der Waals surface area contributed by atoms with Crippen LogP contribution in [-0.4, -0.2) is 56.1 Å². The van der Waals surface area contributed by atoms with Crippen molar-refractivity contribution in [1.29, 1.82) is 0 Å². The first-order chi connectivity index (χ1) is 8.34. The van der Waals surface area contributed by atoms with E-state index in [1.807, 2.05) is 12.1 Å². The van der Waals surface area contributed by atoms with Crippen molar-refractivity contribution in [3.8, 4) is 0 Å². The molecule has 0 saturated carbocycles. The van der Waals surface area contributed by atoms with E-state index < -0.39 is 0 Å². The molecule has 2 heterocycles. The van der Waals surface area contributed by atoms with Gasteiger partial charge < -0.3 is 19.5 Å². The Hall–Kier alpha value is -0.840. The Morgan fingerprint density at radius 1 is 1.29 bits per heavy atom. The van der Waals surface area contributed by atoms with Gasteiger partial charge in [0.15, 0.2) is 0 Å². The van der Waals surface area contributed by atoms with Crippen LogP contribution in [0.3, 0.4) is 0 Å². The van der Waals surface area contributed by atoms with Gasteiger partial charge in [-0.15, -0.1) is 0 Å². The molecule has 0 amide bonds. The Labute approximate surface area is 104 Å². The smallest absolute Gasteiger partial charge is 0.117 e. The highest BCUT2D eigenvalue weighted by Crippen LogP contribution is 2.00. The minimum atomic E-state index is 0.843. The summed E-state index contributed by atoms with van der Waals surface area (Å²) in [5.74, 6) is 1.02. The van der Waals surface area contributed by atoms with Gasteiger partial charge in [0.25, 0.3) is 0 Å². The van der Waals surface area contributed by atoms with Crippen LogP contribution in [0.25, 0.3) is 0 Å². The number of rotatable bonds is 6. The number of hydrogen-bond acceptors (Lipinski definition) is 4. The Morgan fingerprint density at radius 3 is 2.82 bits per heavy atom. The second-order valence-corrected chi connectivity index (χ2v) is 4.75. The van der Waals surface area contributed by atoms with Crippen LogP contribution in [0.1, 0.15) is 12.2 Å². The molecule has 4 heteroatoms. The van der Waals surface area contributed by atoms with E-state index >= 15 is 0 Å². The quantitative estimate of drug-likeness (QED) is 0.748. The molecule has 96 valence electrons. The van der Waals surface area contributed by atoms with Crippen LogP contribution in [0.15, 0.2) is 22.8 Å². The molecule has 0 spiro atoms. The van der Waals surface area contributed by atoms with Gasteiger partial charge in [-0.3, -0.25) is 0 Å². The minimum Gasteiger partial charge on any atom is -0.468 e. The summed E-state index contributed by atoms with van der Waals surface area (Å²) in [4.78, 5) is 4.94. The molecule has 1 aliphatic heterocycles. The van der Waals surface area contributed by atoms with Gasteiger partial charge >= 0.3 is 0 Å². The van der Waals surface area contributed by atoms with Gasteiger partial charge in [-0.25, -0.2) is 0 Å². The van der Waals surface area contributed by atoms with Gasteiger partial charge in [-0.1, -0.05) is 0 Å². The van der Waals surface area contributed by atoms with Gasteiger partial charge in [-0.2, -0.15) is 0 Å². The zero-order chi connectivity index (χ0) is 11.9. The third kappa shape index (κ3) is 4.50. The van der Waals surface area contributed by atoms with E-state index in [1.165, 1.54) is 39.1 Å². The number of piperazine rings is 1. The summed E-state index contributed by atoms with van der Waals surface area (Å²) in [6.45, 7) is 7.96. The first-order valence-corrected chi connectivity index (χ1v) is 6.48. The van der Waals surface area contributed by atoms with Crippen molar-refractivity contribution < 1.29 is 4.42 Å². The van der Waals surface area contributed by atoms with Gasteiger partial charge in [0.1, 0.15) is 5.76 Å². The molecule has 2 rings (SSSR count). The van der Waals surface area contributed by atoms with Crippen LogP contribution in [0.4, 0.5) is 0 Å². The average Bonchev–Trinajstić information content (AvgIpc) is 2.84. The molecule has 1 fully saturated rings. The van der Waals surface area contributed by atoms with Crippen molar-refractivity contribution in [2.45, 2.75) is 13.0 Å². The maximum Gasteiger partial charge on any atom is 0.117 e. The molecule has 0 bridgehead atoms. The highest BCUT2D eigenvalue weighted by molar-refractivity contribution is 4.97. The van der Waals surface area contributed by atoms with Gasteiger partial charge in [0.2, 0.25) is 0 Å². The third-order valence-electron chi connectivity index (χ3n) is 3.30. The number of hydrogen-bond donors (Lipinski definition) is 1. The van der Waals surface area contributed by atoms with Crippen LogP contribution in [0, 0.1) is 0 Å². The molecule has 0 radical (unpaired) electrons. The lowest BCUT2D eigenvalue weighted by Gasteiger charge is -2.32. The number of likely N-dealkylation sites (N-methyl/N-ethyl adjacent to an activating group) is 1. The van der Waals surface area contributed by atoms with E-state index in [0.29, 0.717) is 0 Å². The lowest BCUT2D eigenvalue weighted by Crippen LogP contribution is -2.45. The fraction of sp³-hybridized carbons (Fsp3) is 0.692. The first-order valence-electron chi connectivity index (χ1n) is 6.48. The normalized spacial score (nSPS) is 18.6. The zero-order valence-corrected chi connectivity index (χ0v) is 10.7. The van der Waals surface area contributed by atoms with Crippen LogP contribution in [0.5, 0.6) is 0 Å². The van der Waals surface area contributed by atoms with E-state index in [0.717, 1.165) is 18.8 Å². The topological polar surface area (TPSA) is 31.6 Å². The van der Waals surface area contributed by atoms with Crippen molar-refractivity contribution in [2.24, 2.45) is 0 Å². The Balaban J connectivity index is 1.49. The highest BCUT2D eigenvalue weighted by Gasteiger charge is 2.12. The SMILES string of the molecule is CN1CCN(CCCNCc2ccco2)CC1. The lowest BCUT2D eigenvalue weighted by molar-refractivity contribution is 0.152. The third-order valence-corrected chi connectivity index (χ3v) is 3.30. The van der Waals surface area contributed by atoms with E-state index in [9.17, 15) is 0 Å². The second kappa shape index (κ2) is 6.79. The van der Waals surface area contributed by atoms with Crippen LogP contribution in [0.2, 0.25) is 0 Å². The summed E-state index contributed by atoms with van der Waals surface area (Å²) in [6.07, 6.45) is 2.94. The van der Waals surface area contributed by atoms with Crippen LogP contribution in [-0.2, 0) is 6.54 Å². The molecule has 1 aromatic heterocycles. The molecule has 1 aromatic rings. The molecular formula is C13H23N3O. The summed E-state index contributed by atoms with van der Waals surface area (Å²) in [5.41, 5.74) is 0. The van der Waals surface area contributed by atoms with Crippen LogP contribution < -0.4 is 5.32 Å². The minimum absolute atomic E-state index is 0.843. The predicted octanol–water partition coefficient (Wildman–Crippen LogP) is 1.01. The molecule has 0 unspecified atom stereocenters. The van der Waals surface area contributed by atoms with Gasteiger partial charge in [0, 0.05) is 26.2 Å². The molecule has 1 saturated heterocycles. The van der Waals surface area contributed by atoms with Crippen molar-refractivity contribution in [3.05, 3.63) is 24.2 Å². The van der Waals surface area contributed by atoms with E-state index in [1.54, 1.807) is 6.26 Å². The molecular weight excluding hydrogens is 214 g/mol. The predicted molar refractivity (Wildman–Crippen MR) is 69.0 cm³/mol. The van der Waals surface area contributed by atoms with E-state index in [2.05, 4.69) is 22.2 Å². The van der Waals surface area contributed by atoms with E-state index in [-0.39, 0.29) is 0 Å². The summed E-state index contributed by atoms with van der Waals surface area (Å²) >= 11 is 0. The Morgan fingerprint density at radius 2 is 2.12 bits per heavy atom. The number of nitrogens with one attached hydrogen (secondary N) is 1. The summed E-state index contributed by atoms with van der Waals surface area (Å²) in [5, 5.41) is 3.41. The monoisotopic (exact) mass is 237 g/mol. The van der Waals surface area contributed by atoms with Crippen molar-refractivity contribution in [3.63, 3.8) is 0 Å². The zero-order valence-electron chi connectivity index (χ0n) is 10.7. The summed E-state index contributed by atoms with van der Waals surface area (Å²) < 4.78 is 5.26. The fourth-order valence-electron chi connectivity index (χ4n) is 2.12. The second-order valence-electron chi connectivity index (χ2n) is 4.75. The number of nitrogens with zero attached hydrogens (tertiary/aromatic N) is 2. The van der Waals surface area contributed by atoms with E-state index in [4.69, 9.17) is 4.42 Å². The maximum absolute atomic E-state index is 5.26. The van der Waals surface area contributed by atoms with Crippen molar-refractivity contribution in [1.82, 2.24) is 15.1 Å². The highest BCUT2D eigenvalue weighted by atomic mass is 16.3. The molecule has 4 nitrogen and oxygen atoms in total. The van der Waals surface area contributed by atoms with Gasteiger partial charge in [0.05, 0.1) is 12.8 Å². The van der Waals surface area contributed by atoms with Crippen molar-refractivity contribution in [2.75, 3.05) is 46.3 Å². The Kier molecular flexibility index (Phi) is 5.04. The lowest BCUT2D eigenvalue weighted by atomic mass is 10.3. The molecule has 0 atom stereocenters. The summed E-state index contributed by atoms with van der Waals surface area (Å²) in [7, 11) is 2.20. The average molecular weight is 237 g/mol. The first kappa shape index (κ1) is 12.6. The molecule has 0 aliphatic carbocycles.